The van der Waals surface area contributed by atoms with Gasteiger partial charge in [0.1, 0.15) is 0 Å². The van der Waals surface area contributed by atoms with E-state index in [4.69, 9.17) is 5.73 Å². The summed E-state index contributed by atoms with van der Waals surface area (Å²) in [5, 5.41) is 2.29. The lowest BCUT2D eigenvalue weighted by atomic mass is 10.2. The molecule has 0 saturated carbocycles. The molecule has 0 aliphatic rings. The highest BCUT2D eigenvalue weighted by molar-refractivity contribution is 5.37. The number of aromatic amines is 1. The van der Waals surface area contributed by atoms with Crippen molar-refractivity contribution < 1.29 is 13.2 Å². The first-order chi connectivity index (χ1) is 7.30. The van der Waals surface area contributed by atoms with Gasteiger partial charge in [0, 0.05) is 5.56 Å². The molecule has 2 aromatic rings. The van der Waals surface area contributed by atoms with Crippen LogP contribution in [0.5, 0.6) is 0 Å². The Hall–Kier alpha value is -2.06. The Morgan fingerprint density at radius 3 is 2.56 bits per heavy atom. The number of nitrogen functional groups attached to an aromatic ring is 1. The van der Waals surface area contributed by atoms with Crippen LogP contribution in [-0.4, -0.2) is 19.6 Å². The molecule has 9 heteroatoms. The van der Waals surface area contributed by atoms with Crippen LogP contribution in [0, 0.1) is 6.92 Å². The van der Waals surface area contributed by atoms with Crippen LogP contribution in [0.4, 0.5) is 19.1 Å². The number of nitrogens with two attached hydrogens (primary N) is 1. The first kappa shape index (κ1) is 10.5. The van der Waals surface area contributed by atoms with E-state index < -0.39 is 28.8 Å². The van der Waals surface area contributed by atoms with Crippen LogP contribution in [-0.2, 0) is 6.18 Å². The first-order valence-electron chi connectivity index (χ1n) is 4.12. The van der Waals surface area contributed by atoms with Crippen LogP contribution in [0.25, 0.3) is 5.78 Å². The van der Waals surface area contributed by atoms with Gasteiger partial charge < -0.3 is 5.73 Å². The second-order valence-electron chi connectivity index (χ2n) is 3.13. The SMILES string of the molecule is Cc1c(C(F)(F)F)nc2nc(N)[nH]n2c1=O. The zero-order valence-corrected chi connectivity index (χ0v) is 7.96. The van der Waals surface area contributed by atoms with Crippen LogP contribution < -0.4 is 11.3 Å². The maximum Gasteiger partial charge on any atom is 0.433 e. The quantitative estimate of drug-likeness (QED) is 0.686. The van der Waals surface area contributed by atoms with Crippen LogP contribution in [0.15, 0.2) is 4.79 Å². The Bertz CT molecular complexity index is 611. The average Bonchev–Trinajstić information content (AvgIpc) is 2.51. The number of rotatable bonds is 0. The number of anilines is 1. The predicted molar refractivity (Wildman–Crippen MR) is 47.8 cm³/mol. The minimum absolute atomic E-state index is 0.177. The molecule has 0 amide bonds. The van der Waals surface area contributed by atoms with Crippen molar-refractivity contribution in [3.63, 3.8) is 0 Å². The van der Waals surface area contributed by atoms with Gasteiger partial charge >= 0.3 is 6.18 Å². The van der Waals surface area contributed by atoms with E-state index >= 15 is 0 Å². The van der Waals surface area contributed by atoms with Gasteiger partial charge in [-0.1, -0.05) is 0 Å². The molecule has 0 spiro atoms. The molecule has 16 heavy (non-hydrogen) atoms. The molecule has 86 valence electrons. The average molecular weight is 233 g/mol. The zero-order valence-electron chi connectivity index (χ0n) is 7.96. The Kier molecular flexibility index (Phi) is 1.94. The Balaban J connectivity index is 2.89. The number of fused-ring (bicyclic) bond motifs is 1. The molecule has 2 aromatic heterocycles. The topological polar surface area (TPSA) is 89.1 Å². The van der Waals surface area contributed by atoms with Crippen molar-refractivity contribution >= 4 is 11.7 Å². The number of alkyl halides is 3. The summed E-state index contributed by atoms with van der Waals surface area (Å²) >= 11 is 0. The van der Waals surface area contributed by atoms with E-state index in [1.807, 2.05) is 0 Å². The second-order valence-corrected chi connectivity index (χ2v) is 3.13. The minimum atomic E-state index is -4.69. The molecule has 2 heterocycles. The summed E-state index contributed by atoms with van der Waals surface area (Å²) in [6, 6.07) is 0. The fraction of sp³-hybridized carbons (Fsp3) is 0.286. The number of aromatic nitrogens is 4. The van der Waals surface area contributed by atoms with Crippen molar-refractivity contribution in [1.29, 1.82) is 0 Å². The third kappa shape index (κ3) is 1.40. The third-order valence-electron chi connectivity index (χ3n) is 2.01. The summed E-state index contributed by atoms with van der Waals surface area (Å²) in [7, 11) is 0. The van der Waals surface area contributed by atoms with E-state index in [-0.39, 0.29) is 5.95 Å². The molecule has 2 rings (SSSR count). The summed E-state index contributed by atoms with van der Waals surface area (Å²) in [5.41, 5.74) is 2.60. The normalized spacial score (nSPS) is 12.2. The Labute approximate surface area is 85.9 Å². The zero-order chi connectivity index (χ0) is 12.1. The highest BCUT2D eigenvalue weighted by atomic mass is 19.4. The third-order valence-corrected chi connectivity index (χ3v) is 2.01. The Morgan fingerprint density at radius 2 is 2.00 bits per heavy atom. The molecule has 0 fully saturated rings. The molecule has 3 N–H and O–H groups in total. The van der Waals surface area contributed by atoms with Gasteiger partial charge in [0.25, 0.3) is 11.3 Å². The van der Waals surface area contributed by atoms with Crippen molar-refractivity contribution in [2.75, 3.05) is 5.73 Å². The van der Waals surface area contributed by atoms with Gasteiger partial charge in [0.2, 0.25) is 5.95 Å². The van der Waals surface area contributed by atoms with E-state index in [0.717, 1.165) is 11.4 Å². The molecular formula is C7H6F3N5O. The summed E-state index contributed by atoms with van der Waals surface area (Å²) in [5.74, 6) is -0.580. The van der Waals surface area contributed by atoms with Gasteiger partial charge in [-0.3, -0.25) is 9.89 Å². The summed E-state index contributed by atoms with van der Waals surface area (Å²) in [4.78, 5) is 18.2. The number of halogens is 3. The van der Waals surface area contributed by atoms with Gasteiger partial charge in [0.05, 0.1) is 0 Å². The number of hydrogen-bond acceptors (Lipinski definition) is 4. The van der Waals surface area contributed by atoms with Crippen LogP contribution >= 0.6 is 0 Å². The van der Waals surface area contributed by atoms with E-state index in [9.17, 15) is 18.0 Å². The van der Waals surface area contributed by atoms with Crippen molar-refractivity contribution in [2.45, 2.75) is 13.1 Å². The van der Waals surface area contributed by atoms with Crippen LogP contribution in [0.3, 0.4) is 0 Å². The Morgan fingerprint density at radius 1 is 1.38 bits per heavy atom. The van der Waals surface area contributed by atoms with E-state index in [1.165, 1.54) is 0 Å². The minimum Gasteiger partial charge on any atom is -0.368 e. The highest BCUT2D eigenvalue weighted by Crippen LogP contribution is 2.28. The molecule has 0 bridgehead atoms. The van der Waals surface area contributed by atoms with Gasteiger partial charge in [-0.15, -0.1) is 0 Å². The molecule has 0 unspecified atom stereocenters. The number of hydrogen-bond donors (Lipinski definition) is 2. The highest BCUT2D eigenvalue weighted by Gasteiger charge is 2.36. The van der Waals surface area contributed by atoms with E-state index in [1.54, 1.807) is 0 Å². The molecule has 0 atom stereocenters. The van der Waals surface area contributed by atoms with Gasteiger partial charge in [-0.05, 0) is 6.92 Å². The molecule has 0 aliphatic carbocycles. The predicted octanol–water partition coefficient (Wildman–Crippen LogP) is 0.327. The molecule has 6 nitrogen and oxygen atoms in total. The van der Waals surface area contributed by atoms with Crippen molar-refractivity contribution in [3.8, 4) is 0 Å². The van der Waals surface area contributed by atoms with Crippen molar-refractivity contribution in [2.24, 2.45) is 0 Å². The fourth-order valence-corrected chi connectivity index (χ4v) is 1.29. The lowest BCUT2D eigenvalue weighted by molar-refractivity contribution is -0.141. The van der Waals surface area contributed by atoms with Crippen molar-refractivity contribution in [3.05, 3.63) is 21.6 Å². The van der Waals surface area contributed by atoms with Crippen LogP contribution in [0.1, 0.15) is 11.3 Å². The smallest absolute Gasteiger partial charge is 0.368 e. The lowest BCUT2D eigenvalue weighted by Crippen LogP contribution is -2.24. The van der Waals surface area contributed by atoms with Crippen LogP contribution in [0.2, 0.25) is 0 Å². The van der Waals surface area contributed by atoms with Gasteiger partial charge in [-0.2, -0.15) is 22.7 Å². The maximum absolute atomic E-state index is 12.5. The molecule has 0 aliphatic heterocycles. The second kappa shape index (κ2) is 2.97. The van der Waals surface area contributed by atoms with Gasteiger partial charge in [0.15, 0.2) is 5.69 Å². The van der Waals surface area contributed by atoms with E-state index in [2.05, 4.69) is 15.1 Å². The molecule has 0 aromatic carbocycles. The molecular weight excluding hydrogens is 227 g/mol. The monoisotopic (exact) mass is 233 g/mol. The largest absolute Gasteiger partial charge is 0.433 e. The number of nitrogens with one attached hydrogen (secondary N) is 1. The van der Waals surface area contributed by atoms with Crippen molar-refractivity contribution in [1.82, 2.24) is 19.6 Å². The fourth-order valence-electron chi connectivity index (χ4n) is 1.29. The number of nitrogens with zero attached hydrogens (tertiary/aromatic N) is 3. The van der Waals surface area contributed by atoms with E-state index in [0.29, 0.717) is 0 Å². The number of H-pyrrole nitrogens is 1. The molecule has 0 radical (unpaired) electrons. The lowest BCUT2D eigenvalue weighted by Gasteiger charge is -2.07. The summed E-state index contributed by atoms with van der Waals surface area (Å²) < 4.78 is 38.2. The standard InChI is InChI=1S/C7H6F3N5O/c1-2-3(7(8,9)10)12-6-13-5(11)14-15(6)4(2)16/h1H3,(H3,11,12,13,14). The first-order valence-corrected chi connectivity index (χ1v) is 4.12. The maximum atomic E-state index is 12.5. The summed E-state index contributed by atoms with van der Waals surface area (Å²) in [6.45, 7) is 1.04. The molecule has 0 saturated heterocycles. The summed E-state index contributed by atoms with van der Waals surface area (Å²) in [6.07, 6.45) is -4.69. The van der Waals surface area contributed by atoms with Gasteiger partial charge in [-0.25, -0.2) is 4.98 Å².